The number of hydrogen-bond donors (Lipinski definition) is 1. The van der Waals surface area contributed by atoms with Gasteiger partial charge in [0.15, 0.2) is 17.3 Å². The third kappa shape index (κ3) is 2.37. The van der Waals surface area contributed by atoms with E-state index >= 15 is 0 Å². The van der Waals surface area contributed by atoms with Crippen molar-refractivity contribution in [3.8, 4) is 11.5 Å². The van der Waals surface area contributed by atoms with Crippen molar-refractivity contribution >= 4 is 27.4 Å². The largest absolute Gasteiger partial charge is 0.454 e. The fourth-order valence-corrected chi connectivity index (χ4v) is 4.86. The molecule has 0 fully saturated rings. The number of Topliss-reactive ketones (excluding diaryl/α,β-unsaturated/α-hetero) is 1. The van der Waals surface area contributed by atoms with Gasteiger partial charge in [-0.2, -0.15) is 0 Å². The van der Waals surface area contributed by atoms with Gasteiger partial charge in [-0.3, -0.25) is 4.79 Å². The van der Waals surface area contributed by atoms with Crippen molar-refractivity contribution in [2.24, 2.45) is 5.92 Å². The molecule has 3 aliphatic rings. The Bertz CT molecular complexity index is 953. The van der Waals surface area contributed by atoms with E-state index in [1.54, 1.807) is 6.92 Å². The standard InChI is InChI=1S/C21H18BrNO3/c1-11(24)12-5-6-18-15(7-12)13-3-2-4-14(13)21(23-18)16-8-19-20(9-17(16)22)26-10-25-19/h2-3,5-9,13-14,21,23H,4,10H2,1H3/t13-,14+,21?/m1/s1. The minimum absolute atomic E-state index is 0.104. The molecule has 0 saturated heterocycles. The molecule has 1 unspecified atom stereocenters. The van der Waals surface area contributed by atoms with Crippen LogP contribution in [-0.4, -0.2) is 12.6 Å². The number of halogens is 1. The Kier molecular flexibility index (Phi) is 3.60. The molecule has 0 bridgehead atoms. The number of anilines is 1. The van der Waals surface area contributed by atoms with Gasteiger partial charge in [-0.05, 0) is 60.7 Å². The molecule has 4 nitrogen and oxygen atoms in total. The molecule has 2 heterocycles. The maximum atomic E-state index is 11.8. The first-order valence-corrected chi connectivity index (χ1v) is 9.58. The lowest BCUT2D eigenvalue weighted by atomic mass is 9.76. The summed E-state index contributed by atoms with van der Waals surface area (Å²) in [4.78, 5) is 11.8. The molecule has 2 aromatic rings. The van der Waals surface area contributed by atoms with E-state index in [0.717, 1.165) is 33.6 Å². The van der Waals surface area contributed by atoms with Crippen molar-refractivity contribution in [1.29, 1.82) is 0 Å². The van der Waals surface area contributed by atoms with Gasteiger partial charge in [0.1, 0.15) is 0 Å². The van der Waals surface area contributed by atoms with E-state index in [-0.39, 0.29) is 18.6 Å². The predicted molar refractivity (Wildman–Crippen MR) is 103 cm³/mol. The Morgan fingerprint density at radius 3 is 2.77 bits per heavy atom. The maximum Gasteiger partial charge on any atom is 0.231 e. The van der Waals surface area contributed by atoms with Crippen molar-refractivity contribution in [2.75, 3.05) is 12.1 Å². The van der Waals surface area contributed by atoms with Crippen molar-refractivity contribution < 1.29 is 14.3 Å². The summed E-state index contributed by atoms with van der Waals surface area (Å²) in [5.74, 6) is 2.40. The SMILES string of the molecule is CC(=O)c1ccc2c(c1)[C@@H]1C=CC[C@@H]1C(c1cc3c(cc1Br)OCO3)N2. The highest BCUT2D eigenvalue weighted by Crippen LogP contribution is 2.52. The van der Waals surface area contributed by atoms with E-state index in [2.05, 4.69) is 39.5 Å². The van der Waals surface area contributed by atoms with Gasteiger partial charge < -0.3 is 14.8 Å². The lowest BCUT2D eigenvalue weighted by molar-refractivity contribution is 0.101. The second kappa shape index (κ2) is 5.88. The minimum Gasteiger partial charge on any atom is -0.454 e. The monoisotopic (exact) mass is 411 g/mol. The van der Waals surface area contributed by atoms with Crippen molar-refractivity contribution in [3.63, 3.8) is 0 Å². The summed E-state index contributed by atoms with van der Waals surface area (Å²) in [6.45, 7) is 1.89. The summed E-state index contributed by atoms with van der Waals surface area (Å²) in [7, 11) is 0. The van der Waals surface area contributed by atoms with Gasteiger partial charge in [0.25, 0.3) is 0 Å². The van der Waals surface area contributed by atoms with Gasteiger partial charge in [-0.25, -0.2) is 0 Å². The molecule has 132 valence electrons. The average Bonchev–Trinajstić information content (AvgIpc) is 3.29. The molecule has 2 aliphatic heterocycles. The smallest absolute Gasteiger partial charge is 0.231 e. The van der Waals surface area contributed by atoms with Crippen molar-refractivity contribution in [1.82, 2.24) is 0 Å². The topological polar surface area (TPSA) is 47.6 Å². The molecule has 1 N–H and O–H groups in total. The number of ether oxygens (including phenoxy) is 2. The molecule has 5 rings (SSSR count). The number of carbonyl (C=O) groups is 1. The zero-order valence-electron chi connectivity index (χ0n) is 14.3. The van der Waals surface area contributed by atoms with Crippen LogP contribution in [0.2, 0.25) is 0 Å². The third-order valence-electron chi connectivity index (χ3n) is 5.60. The van der Waals surface area contributed by atoms with Crippen LogP contribution in [0.15, 0.2) is 47.0 Å². The first kappa shape index (κ1) is 15.9. The summed E-state index contributed by atoms with van der Waals surface area (Å²) in [6, 6.07) is 10.2. The van der Waals surface area contributed by atoms with Gasteiger partial charge >= 0.3 is 0 Å². The summed E-state index contributed by atoms with van der Waals surface area (Å²) < 4.78 is 12.1. The number of allylic oxidation sites excluding steroid dienone is 2. The molecule has 1 aliphatic carbocycles. The Morgan fingerprint density at radius 2 is 1.96 bits per heavy atom. The minimum atomic E-state index is 0.104. The van der Waals surface area contributed by atoms with E-state index in [4.69, 9.17) is 9.47 Å². The number of benzene rings is 2. The van der Waals surface area contributed by atoms with Gasteiger partial charge in [0.05, 0.1) is 6.04 Å². The second-order valence-corrected chi connectivity index (χ2v) is 7.92. The lowest BCUT2D eigenvalue weighted by Gasteiger charge is -2.38. The van der Waals surface area contributed by atoms with E-state index in [0.29, 0.717) is 11.8 Å². The lowest BCUT2D eigenvalue weighted by Crippen LogP contribution is -2.29. The highest BCUT2D eigenvalue weighted by Gasteiger charge is 2.39. The Labute approximate surface area is 160 Å². The fraction of sp³-hybridized carbons (Fsp3) is 0.286. The van der Waals surface area contributed by atoms with Gasteiger partial charge in [-0.15, -0.1) is 0 Å². The zero-order valence-corrected chi connectivity index (χ0v) is 15.9. The van der Waals surface area contributed by atoms with Crippen LogP contribution in [0.3, 0.4) is 0 Å². The van der Waals surface area contributed by atoms with Crippen LogP contribution in [0, 0.1) is 5.92 Å². The molecular formula is C21H18BrNO3. The average molecular weight is 412 g/mol. The van der Waals surface area contributed by atoms with Gasteiger partial charge in [-0.1, -0.05) is 28.1 Å². The van der Waals surface area contributed by atoms with Crippen LogP contribution < -0.4 is 14.8 Å². The molecule has 2 aromatic carbocycles. The number of carbonyl (C=O) groups excluding carboxylic acids is 1. The van der Waals surface area contributed by atoms with Crippen LogP contribution in [-0.2, 0) is 0 Å². The van der Waals surface area contributed by atoms with E-state index in [9.17, 15) is 4.79 Å². The highest BCUT2D eigenvalue weighted by molar-refractivity contribution is 9.10. The number of nitrogens with one attached hydrogen (secondary N) is 1. The molecule has 0 spiro atoms. The Balaban J connectivity index is 1.59. The Hall–Kier alpha value is -2.27. The van der Waals surface area contributed by atoms with Gasteiger partial charge in [0, 0.05) is 21.6 Å². The molecule has 0 saturated carbocycles. The van der Waals surface area contributed by atoms with Crippen LogP contribution >= 0.6 is 15.9 Å². The highest BCUT2D eigenvalue weighted by atomic mass is 79.9. The first-order chi connectivity index (χ1) is 12.6. The zero-order chi connectivity index (χ0) is 17.8. The van der Waals surface area contributed by atoms with E-state index in [1.807, 2.05) is 24.3 Å². The van der Waals surface area contributed by atoms with Crippen LogP contribution in [0.4, 0.5) is 5.69 Å². The molecule has 0 amide bonds. The van der Waals surface area contributed by atoms with E-state index in [1.165, 1.54) is 11.1 Å². The van der Waals surface area contributed by atoms with Crippen LogP contribution in [0.5, 0.6) is 11.5 Å². The van der Waals surface area contributed by atoms with E-state index < -0.39 is 0 Å². The molecule has 26 heavy (non-hydrogen) atoms. The summed E-state index contributed by atoms with van der Waals surface area (Å²) in [5.41, 5.74) is 4.25. The molecule has 5 heteroatoms. The second-order valence-electron chi connectivity index (χ2n) is 7.06. The normalized spacial score (nSPS) is 24.8. The summed E-state index contributed by atoms with van der Waals surface area (Å²) in [5, 5.41) is 3.71. The molecule has 0 radical (unpaired) electrons. The first-order valence-electron chi connectivity index (χ1n) is 8.79. The van der Waals surface area contributed by atoms with Crippen LogP contribution in [0.1, 0.15) is 46.8 Å². The van der Waals surface area contributed by atoms with Crippen molar-refractivity contribution in [2.45, 2.75) is 25.3 Å². The molecular weight excluding hydrogens is 394 g/mol. The van der Waals surface area contributed by atoms with Gasteiger partial charge in [0.2, 0.25) is 6.79 Å². The number of fused-ring (bicyclic) bond motifs is 4. The third-order valence-corrected chi connectivity index (χ3v) is 6.28. The summed E-state index contributed by atoms with van der Waals surface area (Å²) in [6.07, 6.45) is 5.54. The number of ketones is 1. The predicted octanol–water partition coefficient (Wildman–Crippen LogP) is 5.21. The summed E-state index contributed by atoms with van der Waals surface area (Å²) >= 11 is 3.71. The Morgan fingerprint density at radius 1 is 1.15 bits per heavy atom. The quantitative estimate of drug-likeness (QED) is 0.544. The maximum absolute atomic E-state index is 11.8. The van der Waals surface area contributed by atoms with Crippen LogP contribution in [0.25, 0.3) is 0 Å². The number of hydrogen-bond acceptors (Lipinski definition) is 4. The molecule has 0 aromatic heterocycles. The fourth-order valence-electron chi connectivity index (χ4n) is 4.29. The molecule has 3 atom stereocenters. The van der Waals surface area contributed by atoms with Crippen molar-refractivity contribution in [3.05, 3.63) is 63.6 Å². The number of rotatable bonds is 2.